The molecule has 25 heavy (non-hydrogen) atoms. The lowest BCUT2D eigenvalue weighted by Crippen LogP contribution is -2.41. The topological polar surface area (TPSA) is 87.7 Å². The Kier molecular flexibility index (Phi) is 7.88. The van der Waals surface area contributed by atoms with Crippen LogP contribution < -0.4 is 10.6 Å². The second-order valence-electron chi connectivity index (χ2n) is 6.43. The van der Waals surface area contributed by atoms with Crippen LogP contribution in [0.1, 0.15) is 31.7 Å². The van der Waals surface area contributed by atoms with E-state index in [1.165, 1.54) is 5.56 Å². The van der Waals surface area contributed by atoms with E-state index in [-0.39, 0.29) is 30.4 Å². The third-order valence-corrected chi connectivity index (χ3v) is 4.47. The molecule has 0 spiro atoms. The fraction of sp³-hybridized carbons (Fsp3) is 0.579. The fourth-order valence-corrected chi connectivity index (χ4v) is 3.12. The third kappa shape index (κ3) is 6.48. The third-order valence-electron chi connectivity index (χ3n) is 4.47. The van der Waals surface area contributed by atoms with Crippen LogP contribution in [0.2, 0.25) is 0 Å². The number of aryl methyl sites for hydroxylation is 1. The molecule has 2 rings (SSSR count). The Morgan fingerprint density at radius 2 is 2.00 bits per heavy atom. The van der Waals surface area contributed by atoms with Gasteiger partial charge in [0.1, 0.15) is 6.61 Å². The molecule has 0 aromatic heterocycles. The van der Waals surface area contributed by atoms with Crippen LogP contribution in [0, 0.1) is 5.92 Å². The first-order chi connectivity index (χ1) is 12.1. The van der Waals surface area contributed by atoms with E-state index >= 15 is 0 Å². The van der Waals surface area contributed by atoms with Gasteiger partial charge in [-0.25, -0.2) is 0 Å². The number of carbonyl (C=O) groups is 2. The SMILES string of the molecule is CCOCC(=O)N[C@H]1C[C@H](C(=O)NCCCc2ccccc2)C[C@@H]1O. The van der Waals surface area contributed by atoms with Crippen LogP contribution >= 0.6 is 0 Å². The summed E-state index contributed by atoms with van der Waals surface area (Å²) in [5, 5.41) is 15.7. The number of nitrogens with one attached hydrogen (secondary N) is 2. The minimum atomic E-state index is -0.689. The van der Waals surface area contributed by atoms with Crippen molar-refractivity contribution >= 4 is 11.8 Å². The molecule has 1 aliphatic rings. The fourth-order valence-electron chi connectivity index (χ4n) is 3.12. The van der Waals surface area contributed by atoms with Gasteiger partial charge in [-0.15, -0.1) is 0 Å². The van der Waals surface area contributed by atoms with Crippen LogP contribution in [0.3, 0.4) is 0 Å². The van der Waals surface area contributed by atoms with Gasteiger partial charge in [0.25, 0.3) is 0 Å². The molecule has 6 heteroatoms. The van der Waals surface area contributed by atoms with Crippen molar-refractivity contribution in [2.24, 2.45) is 5.92 Å². The van der Waals surface area contributed by atoms with Gasteiger partial charge in [0, 0.05) is 19.1 Å². The molecule has 0 aliphatic heterocycles. The van der Waals surface area contributed by atoms with Crippen molar-refractivity contribution in [2.75, 3.05) is 19.8 Å². The number of ether oxygens (including phenoxy) is 1. The van der Waals surface area contributed by atoms with Gasteiger partial charge >= 0.3 is 0 Å². The van der Waals surface area contributed by atoms with Crippen LogP contribution in [-0.4, -0.2) is 48.8 Å². The van der Waals surface area contributed by atoms with Crippen molar-refractivity contribution < 1.29 is 19.4 Å². The van der Waals surface area contributed by atoms with E-state index in [0.717, 1.165) is 12.8 Å². The largest absolute Gasteiger partial charge is 0.391 e. The zero-order valence-electron chi connectivity index (χ0n) is 14.7. The molecule has 0 saturated heterocycles. The Bertz CT molecular complexity index is 550. The van der Waals surface area contributed by atoms with Gasteiger partial charge in [0.05, 0.1) is 12.1 Å². The Labute approximate surface area is 149 Å². The highest BCUT2D eigenvalue weighted by atomic mass is 16.5. The number of hydrogen-bond acceptors (Lipinski definition) is 4. The Morgan fingerprint density at radius 3 is 2.72 bits per heavy atom. The molecule has 0 unspecified atom stereocenters. The van der Waals surface area contributed by atoms with E-state index < -0.39 is 6.10 Å². The summed E-state index contributed by atoms with van der Waals surface area (Å²) >= 11 is 0. The van der Waals surface area contributed by atoms with Gasteiger partial charge in [0.2, 0.25) is 11.8 Å². The van der Waals surface area contributed by atoms with E-state index in [1.807, 2.05) is 25.1 Å². The van der Waals surface area contributed by atoms with Gasteiger partial charge in [-0.05, 0) is 38.2 Å². The first-order valence-corrected chi connectivity index (χ1v) is 8.97. The molecule has 1 saturated carbocycles. The molecular formula is C19H28N2O4. The lowest BCUT2D eigenvalue weighted by Gasteiger charge is -2.16. The summed E-state index contributed by atoms with van der Waals surface area (Å²) in [5.74, 6) is -0.562. The summed E-state index contributed by atoms with van der Waals surface area (Å²) in [6.07, 6.45) is 1.95. The number of aliphatic hydroxyl groups is 1. The van der Waals surface area contributed by atoms with E-state index in [0.29, 0.717) is 26.0 Å². The maximum absolute atomic E-state index is 12.2. The highest BCUT2D eigenvalue weighted by Gasteiger charge is 2.37. The van der Waals surface area contributed by atoms with E-state index in [1.54, 1.807) is 0 Å². The second-order valence-corrected chi connectivity index (χ2v) is 6.43. The minimum Gasteiger partial charge on any atom is -0.391 e. The van der Waals surface area contributed by atoms with E-state index in [4.69, 9.17) is 4.74 Å². The molecule has 1 aromatic rings. The molecule has 6 nitrogen and oxygen atoms in total. The average molecular weight is 348 g/mol. The van der Waals surface area contributed by atoms with Crippen LogP contribution in [0.15, 0.2) is 30.3 Å². The lowest BCUT2D eigenvalue weighted by atomic mass is 10.1. The summed E-state index contributed by atoms with van der Waals surface area (Å²) < 4.78 is 5.04. The van der Waals surface area contributed by atoms with Crippen molar-refractivity contribution in [1.82, 2.24) is 10.6 Å². The van der Waals surface area contributed by atoms with Gasteiger partial charge in [0.15, 0.2) is 0 Å². The van der Waals surface area contributed by atoms with E-state index in [2.05, 4.69) is 22.8 Å². The molecule has 3 N–H and O–H groups in total. The van der Waals surface area contributed by atoms with Crippen LogP contribution in [-0.2, 0) is 20.7 Å². The first kappa shape index (κ1) is 19.4. The van der Waals surface area contributed by atoms with Gasteiger partial charge in [-0.2, -0.15) is 0 Å². The smallest absolute Gasteiger partial charge is 0.246 e. The number of carbonyl (C=O) groups excluding carboxylic acids is 2. The highest BCUT2D eigenvalue weighted by Crippen LogP contribution is 2.26. The molecule has 0 radical (unpaired) electrons. The molecule has 1 aromatic carbocycles. The molecule has 138 valence electrons. The number of hydrogen-bond donors (Lipinski definition) is 3. The molecular weight excluding hydrogens is 320 g/mol. The van der Waals surface area contributed by atoms with Crippen molar-refractivity contribution in [2.45, 2.75) is 44.8 Å². The number of benzene rings is 1. The predicted octanol–water partition coefficient (Wildman–Crippen LogP) is 1.03. The Balaban J connectivity index is 1.67. The maximum atomic E-state index is 12.2. The molecule has 3 atom stereocenters. The van der Waals surface area contributed by atoms with Crippen molar-refractivity contribution in [3.8, 4) is 0 Å². The Hall–Kier alpha value is -1.92. The molecule has 0 bridgehead atoms. The standard InChI is InChI=1S/C19H28N2O4/c1-2-25-13-18(23)21-16-11-15(12-17(16)22)19(24)20-10-6-9-14-7-4-3-5-8-14/h3-5,7-8,15-17,22H,2,6,9-13H2,1H3,(H,20,24)(H,21,23)/t15-,16-,17-/m0/s1. The number of rotatable bonds is 9. The first-order valence-electron chi connectivity index (χ1n) is 8.97. The van der Waals surface area contributed by atoms with Crippen LogP contribution in [0.4, 0.5) is 0 Å². The predicted molar refractivity (Wildman–Crippen MR) is 94.9 cm³/mol. The monoisotopic (exact) mass is 348 g/mol. The van der Waals surface area contributed by atoms with Crippen molar-refractivity contribution in [1.29, 1.82) is 0 Å². The van der Waals surface area contributed by atoms with Gasteiger partial charge in [-0.3, -0.25) is 9.59 Å². The van der Waals surface area contributed by atoms with Crippen molar-refractivity contribution in [3.63, 3.8) is 0 Å². The van der Waals surface area contributed by atoms with Gasteiger partial charge in [-0.1, -0.05) is 30.3 Å². The zero-order valence-corrected chi connectivity index (χ0v) is 14.7. The van der Waals surface area contributed by atoms with Crippen LogP contribution in [0.25, 0.3) is 0 Å². The molecule has 1 aliphatic carbocycles. The number of amides is 2. The van der Waals surface area contributed by atoms with Crippen LogP contribution in [0.5, 0.6) is 0 Å². The number of aliphatic hydroxyl groups excluding tert-OH is 1. The van der Waals surface area contributed by atoms with Gasteiger partial charge < -0.3 is 20.5 Å². The summed E-state index contributed by atoms with van der Waals surface area (Å²) in [5.41, 5.74) is 1.25. The average Bonchev–Trinajstić information content (AvgIpc) is 2.98. The second kappa shape index (κ2) is 10.2. The minimum absolute atomic E-state index is 0.0178. The summed E-state index contributed by atoms with van der Waals surface area (Å²) in [6.45, 7) is 2.88. The summed E-state index contributed by atoms with van der Waals surface area (Å²) in [7, 11) is 0. The molecule has 0 heterocycles. The zero-order chi connectivity index (χ0) is 18.1. The summed E-state index contributed by atoms with van der Waals surface area (Å²) in [6, 6.07) is 9.77. The maximum Gasteiger partial charge on any atom is 0.246 e. The highest BCUT2D eigenvalue weighted by molar-refractivity contribution is 5.80. The molecule has 2 amide bonds. The lowest BCUT2D eigenvalue weighted by molar-refractivity contribution is -0.127. The molecule has 1 fully saturated rings. The van der Waals surface area contributed by atoms with E-state index in [9.17, 15) is 14.7 Å². The van der Waals surface area contributed by atoms with Crippen molar-refractivity contribution in [3.05, 3.63) is 35.9 Å². The summed E-state index contributed by atoms with van der Waals surface area (Å²) in [4.78, 5) is 23.9. The Morgan fingerprint density at radius 1 is 1.24 bits per heavy atom. The normalized spacial score (nSPS) is 22.6. The quantitative estimate of drug-likeness (QED) is 0.582.